The van der Waals surface area contributed by atoms with Gasteiger partial charge < -0.3 is 28.4 Å². The molecule has 0 aliphatic carbocycles. The quantitative estimate of drug-likeness (QED) is 0.105. The molecule has 42 heavy (non-hydrogen) atoms. The van der Waals surface area contributed by atoms with E-state index in [9.17, 15) is 14.4 Å². The van der Waals surface area contributed by atoms with Crippen molar-refractivity contribution in [2.45, 2.75) is 82.7 Å². The van der Waals surface area contributed by atoms with Crippen LogP contribution >= 0.6 is 0 Å². The summed E-state index contributed by atoms with van der Waals surface area (Å²) in [7, 11) is 0. The van der Waals surface area contributed by atoms with Gasteiger partial charge in [-0.2, -0.15) is 0 Å². The number of allylic oxidation sites excluding steroid dienone is 1. The lowest BCUT2D eigenvalue weighted by atomic mass is 10.1. The molecule has 2 aromatic rings. The summed E-state index contributed by atoms with van der Waals surface area (Å²) in [6, 6.07) is 12.8. The Morgan fingerprint density at radius 3 is 1.93 bits per heavy atom. The van der Waals surface area contributed by atoms with Gasteiger partial charge in [0.2, 0.25) is 0 Å². The molecule has 0 radical (unpaired) electrons. The van der Waals surface area contributed by atoms with Gasteiger partial charge in [0, 0.05) is 6.42 Å². The van der Waals surface area contributed by atoms with Crippen LogP contribution in [-0.4, -0.2) is 62.1 Å². The number of fused-ring (bicyclic) bond motifs is 1. The molecule has 2 aliphatic heterocycles. The minimum atomic E-state index is -0.621. The molecule has 2 heterocycles. The summed E-state index contributed by atoms with van der Waals surface area (Å²) in [6.07, 6.45) is 7.67. The molecule has 0 amide bonds. The van der Waals surface area contributed by atoms with Crippen molar-refractivity contribution in [3.8, 4) is 11.5 Å². The van der Waals surface area contributed by atoms with Crippen LogP contribution in [0.5, 0.6) is 11.5 Å². The van der Waals surface area contributed by atoms with E-state index in [4.69, 9.17) is 28.4 Å². The Morgan fingerprint density at radius 2 is 1.31 bits per heavy atom. The minimum Gasteiger partial charge on any atom is -0.494 e. The van der Waals surface area contributed by atoms with Gasteiger partial charge in [-0.15, -0.1) is 6.58 Å². The number of hydrogen-bond acceptors (Lipinski definition) is 9. The van der Waals surface area contributed by atoms with Crippen LogP contribution in [0.4, 0.5) is 0 Å². The summed E-state index contributed by atoms with van der Waals surface area (Å²) in [5, 5.41) is 0. The molecule has 0 saturated carbocycles. The average Bonchev–Trinajstić information content (AvgIpc) is 3.58. The Morgan fingerprint density at radius 1 is 0.762 bits per heavy atom. The lowest BCUT2D eigenvalue weighted by Gasteiger charge is -2.17. The fraction of sp³-hybridized carbons (Fsp3) is 0.485. The number of hydrogen-bond donors (Lipinski definition) is 0. The highest BCUT2D eigenvalue weighted by molar-refractivity contribution is 5.92. The molecule has 4 atom stereocenters. The predicted molar refractivity (Wildman–Crippen MR) is 155 cm³/mol. The molecule has 2 aliphatic rings. The van der Waals surface area contributed by atoms with Crippen LogP contribution in [0.2, 0.25) is 0 Å². The fourth-order valence-corrected chi connectivity index (χ4v) is 5.01. The van der Waals surface area contributed by atoms with E-state index < -0.39 is 36.4 Å². The lowest BCUT2D eigenvalue weighted by Crippen LogP contribution is -2.36. The van der Waals surface area contributed by atoms with E-state index in [2.05, 4.69) is 6.58 Å². The second-order valence-electron chi connectivity index (χ2n) is 10.4. The van der Waals surface area contributed by atoms with Gasteiger partial charge in [-0.25, -0.2) is 9.59 Å². The molecule has 2 fully saturated rings. The van der Waals surface area contributed by atoms with Gasteiger partial charge in [0.25, 0.3) is 0 Å². The fourth-order valence-electron chi connectivity index (χ4n) is 5.01. The topological polar surface area (TPSA) is 107 Å². The molecule has 0 spiro atoms. The molecule has 4 rings (SSSR count). The Labute approximate surface area is 247 Å². The molecule has 0 N–H and O–H groups in total. The minimum absolute atomic E-state index is 0.152. The number of rotatable bonds is 16. The predicted octanol–water partition coefficient (Wildman–Crippen LogP) is 5.85. The van der Waals surface area contributed by atoms with Crippen molar-refractivity contribution < 1.29 is 42.8 Å². The number of benzene rings is 2. The van der Waals surface area contributed by atoms with E-state index in [0.717, 1.165) is 25.7 Å². The summed E-state index contributed by atoms with van der Waals surface area (Å²) in [5.74, 6) is -0.374. The largest absolute Gasteiger partial charge is 0.494 e. The van der Waals surface area contributed by atoms with Crippen LogP contribution in [0.1, 0.15) is 79.0 Å². The summed E-state index contributed by atoms with van der Waals surface area (Å²) in [5.41, 5.74) is 0.671. The second kappa shape index (κ2) is 16.1. The standard InChI is InChI=1S/C33H40O9/c1-3-5-6-7-8-9-10-11-12-29(34)41-27-21-38-31-28(22-39-30(27)31)42-33(36)24-15-19-26(20-16-24)40-32(35)23-13-17-25(18-14-23)37-4-2/h3,13-20,27-28,30-31H,1,4-12,21-22H2,2H3/t27-,28+,30-,31-/m1/s1. The van der Waals surface area contributed by atoms with Crippen molar-refractivity contribution in [2.24, 2.45) is 0 Å². The Kier molecular flexibility index (Phi) is 12.0. The Balaban J connectivity index is 1.17. The first kappa shape index (κ1) is 31.3. The molecule has 2 saturated heterocycles. The van der Waals surface area contributed by atoms with Crippen molar-refractivity contribution >= 4 is 17.9 Å². The van der Waals surface area contributed by atoms with Crippen LogP contribution < -0.4 is 9.47 Å². The molecule has 0 aromatic heterocycles. The third-order valence-corrected chi connectivity index (χ3v) is 7.24. The van der Waals surface area contributed by atoms with E-state index >= 15 is 0 Å². The zero-order valence-corrected chi connectivity index (χ0v) is 24.2. The molecule has 9 heteroatoms. The third-order valence-electron chi connectivity index (χ3n) is 7.24. The summed E-state index contributed by atoms with van der Waals surface area (Å²) in [4.78, 5) is 37.6. The molecule has 0 unspecified atom stereocenters. The van der Waals surface area contributed by atoms with Gasteiger partial charge in [0.05, 0.1) is 30.9 Å². The summed E-state index contributed by atoms with van der Waals surface area (Å²) >= 11 is 0. The van der Waals surface area contributed by atoms with Crippen LogP contribution in [0.3, 0.4) is 0 Å². The highest BCUT2D eigenvalue weighted by Crippen LogP contribution is 2.31. The molecule has 2 aromatic carbocycles. The van der Waals surface area contributed by atoms with Crippen molar-refractivity contribution in [1.82, 2.24) is 0 Å². The third kappa shape index (κ3) is 8.90. The van der Waals surface area contributed by atoms with Crippen molar-refractivity contribution in [2.75, 3.05) is 19.8 Å². The smallest absolute Gasteiger partial charge is 0.343 e. The number of ether oxygens (including phenoxy) is 6. The van der Waals surface area contributed by atoms with Gasteiger partial charge >= 0.3 is 17.9 Å². The first-order valence-corrected chi connectivity index (χ1v) is 14.8. The Bertz CT molecular complexity index is 1180. The SMILES string of the molecule is C=CCCCCCCCCC(=O)O[C@@H]1CO[C@H]2[C@@H]1OC[C@@H]2OC(=O)c1ccc(OC(=O)c2ccc(OCC)cc2)cc1. The van der Waals surface area contributed by atoms with Crippen molar-refractivity contribution in [3.63, 3.8) is 0 Å². The van der Waals surface area contributed by atoms with Crippen molar-refractivity contribution in [1.29, 1.82) is 0 Å². The number of carbonyl (C=O) groups excluding carboxylic acids is 3. The maximum atomic E-state index is 12.8. The number of unbranched alkanes of at least 4 members (excludes halogenated alkanes) is 6. The van der Waals surface area contributed by atoms with Gasteiger partial charge in [-0.3, -0.25) is 4.79 Å². The highest BCUT2D eigenvalue weighted by Gasteiger charge is 2.51. The Hall–Kier alpha value is -3.69. The molecule has 9 nitrogen and oxygen atoms in total. The molecule has 226 valence electrons. The highest BCUT2D eigenvalue weighted by atomic mass is 16.7. The van der Waals surface area contributed by atoms with Gasteiger partial charge in [-0.05, 0) is 74.7 Å². The first-order chi connectivity index (χ1) is 20.5. The molecular weight excluding hydrogens is 540 g/mol. The van der Waals surface area contributed by atoms with E-state index in [1.165, 1.54) is 43.5 Å². The van der Waals surface area contributed by atoms with E-state index in [-0.39, 0.29) is 19.2 Å². The zero-order chi connectivity index (χ0) is 29.7. The molecule has 0 bridgehead atoms. The maximum absolute atomic E-state index is 12.8. The number of carbonyl (C=O) groups is 3. The zero-order valence-electron chi connectivity index (χ0n) is 24.2. The average molecular weight is 581 g/mol. The summed E-state index contributed by atoms with van der Waals surface area (Å²) < 4.78 is 33.7. The molecular formula is C33H40O9. The van der Waals surface area contributed by atoms with E-state index in [1.54, 1.807) is 24.3 Å². The van der Waals surface area contributed by atoms with Crippen LogP contribution in [0.25, 0.3) is 0 Å². The van der Waals surface area contributed by atoms with Crippen LogP contribution in [-0.2, 0) is 23.7 Å². The van der Waals surface area contributed by atoms with Crippen LogP contribution in [0.15, 0.2) is 61.2 Å². The first-order valence-electron chi connectivity index (χ1n) is 14.8. The maximum Gasteiger partial charge on any atom is 0.343 e. The second-order valence-corrected chi connectivity index (χ2v) is 10.4. The van der Waals surface area contributed by atoms with Gasteiger partial charge in [0.1, 0.15) is 23.7 Å². The van der Waals surface area contributed by atoms with E-state index in [1.807, 2.05) is 13.0 Å². The van der Waals surface area contributed by atoms with Gasteiger partial charge in [0.15, 0.2) is 12.2 Å². The van der Waals surface area contributed by atoms with E-state index in [0.29, 0.717) is 35.7 Å². The number of esters is 3. The van der Waals surface area contributed by atoms with Crippen LogP contribution in [0, 0.1) is 0 Å². The normalized spacial score (nSPS) is 20.9. The van der Waals surface area contributed by atoms with Crippen molar-refractivity contribution in [3.05, 3.63) is 72.3 Å². The summed E-state index contributed by atoms with van der Waals surface area (Å²) in [6.45, 7) is 6.51. The van der Waals surface area contributed by atoms with Gasteiger partial charge in [-0.1, -0.05) is 31.8 Å². The monoisotopic (exact) mass is 580 g/mol. The lowest BCUT2D eigenvalue weighted by molar-refractivity contribution is -0.153.